The summed E-state index contributed by atoms with van der Waals surface area (Å²) in [4.78, 5) is 12.1. The number of hydrogen-bond acceptors (Lipinski definition) is 5. The molecule has 0 aliphatic carbocycles. The number of carbonyl (C=O) groups excluding carboxylic acids is 1. The fraction of sp³-hybridized carbons (Fsp3) is 0.316. The van der Waals surface area contributed by atoms with Gasteiger partial charge < -0.3 is 20.1 Å². The highest BCUT2D eigenvalue weighted by Gasteiger charge is 2.09. The number of hydrogen-bond donors (Lipinski definition) is 3. The lowest BCUT2D eigenvalue weighted by Crippen LogP contribution is -2.34. The molecule has 0 heterocycles. The van der Waals surface area contributed by atoms with Crippen LogP contribution in [0.25, 0.3) is 0 Å². The molecule has 0 aliphatic heterocycles. The minimum absolute atomic E-state index is 0.0833. The van der Waals surface area contributed by atoms with Crippen LogP contribution in [-0.2, 0) is 28.9 Å². The van der Waals surface area contributed by atoms with Crippen LogP contribution in [0.5, 0.6) is 11.5 Å². The molecule has 0 saturated carbocycles. The summed E-state index contributed by atoms with van der Waals surface area (Å²) in [6, 6.07) is 12.1. The average Bonchev–Trinajstić information content (AvgIpc) is 2.71. The number of amides is 2. The van der Waals surface area contributed by atoms with Crippen LogP contribution in [0.15, 0.2) is 42.5 Å². The molecule has 2 rings (SSSR count). The van der Waals surface area contributed by atoms with Crippen LogP contribution in [0.3, 0.4) is 0 Å². The van der Waals surface area contributed by atoms with Gasteiger partial charge in [-0.05, 0) is 36.4 Å². The van der Waals surface area contributed by atoms with E-state index >= 15 is 0 Å². The van der Waals surface area contributed by atoms with Crippen molar-refractivity contribution in [1.29, 1.82) is 0 Å². The van der Waals surface area contributed by atoms with Crippen molar-refractivity contribution in [3.05, 3.63) is 59.2 Å². The monoisotopic (exact) mass is 407 g/mol. The third-order valence-corrected chi connectivity index (χ3v) is 5.41. The van der Waals surface area contributed by atoms with Gasteiger partial charge in [-0.25, -0.2) is 17.9 Å². The number of sulfonamides is 1. The van der Waals surface area contributed by atoms with E-state index in [-0.39, 0.29) is 18.3 Å². The maximum absolute atomic E-state index is 12.1. The minimum Gasteiger partial charge on any atom is -0.497 e. The third kappa shape index (κ3) is 6.43. The fourth-order valence-electron chi connectivity index (χ4n) is 2.49. The molecule has 0 spiro atoms. The van der Waals surface area contributed by atoms with Gasteiger partial charge in [-0.1, -0.05) is 24.3 Å². The summed E-state index contributed by atoms with van der Waals surface area (Å²) in [6.45, 7) is 0.604. The van der Waals surface area contributed by atoms with Gasteiger partial charge in [0, 0.05) is 18.7 Å². The first-order chi connectivity index (χ1) is 13.4. The molecule has 0 fully saturated rings. The Morgan fingerprint density at radius 2 is 1.57 bits per heavy atom. The number of rotatable bonds is 9. The van der Waals surface area contributed by atoms with Crippen LogP contribution in [0.4, 0.5) is 4.79 Å². The molecule has 2 aromatic rings. The predicted octanol–water partition coefficient (Wildman–Crippen LogP) is 1.75. The zero-order valence-corrected chi connectivity index (χ0v) is 16.9. The smallest absolute Gasteiger partial charge is 0.315 e. The Kier molecular flexibility index (Phi) is 7.65. The molecule has 28 heavy (non-hydrogen) atoms. The van der Waals surface area contributed by atoms with Crippen molar-refractivity contribution in [1.82, 2.24) is 15.4 Å². The highest BCUT2D eigenvalue weighted by molar-refractivity contribution is 7.88. The predicted molar refractivity (Wildman–Crippen MR) is 107 cm³/mol. The standard InChI is InChI=1S/C19H25N3O5S/c1-20-28(24,25)13-15-6-4-14(5-7-15)11-21-19(23)22-12-16-10-17(26-2)8-9-18(16)27-3/h4-10,20H,11-13H2,1-3H3,(H2,21,22,23). The zero-order valence-electron chi connectivity index (χ0n) is 16.1. The van der Waals surface area contributed by atoms with Crippen LogP contribution in [0.2, 0.25) is 0 Å². The Bertz CT molecular complexity index is 898. The van der Waals surface area contributed by atoms with Gasteiger partial charge in [0.25, 0.3) is 0 Å². The Labute approximate surface area is 165 Å². The number of benzene rings is 2. The first-order valence-corrected chi connectivity index (χ1v) is 10.2. The minimum atomic E-state index is -3.30. The first-order valence-electron chi connectivity index (χ1n) is 8.58. The van der Waals surface area contributed by atoms with Crippen LogP contribution >= 0.6 is 0 Å². The Balaban J connectivity index is 1.86. The van der Waals surface area contributed by atoms with E-state index in [9.17, 15) is 13.2 Å². The molecule has 0 atom stereocenters. The van der Waals surface area contributed by atoms with Gasteiger partial charge in [0.05, 0.1) is 20.0 Å². The molecule has 8 nitrogen and oxygen atoms in total. The van der Waals surface area contributed by atoms with Gasteiger partial charge in [-0.15, -0.1) is 0 Å². The van der Waals surface area contributed by atoms with Crippen molar-refractivity contribution in [2.24, 2.45) is 0 Å². The van der Waals surface area contributed by atoms with Crippen molar-refractivity contribution in [3.63, 3.8) is 0 Å². The largest absolute Gasteiger partial charge is 0.497 e. The molecule has 2 aromatic carbocycles. The average molecular weight is 407 g/mol. The topological polar surface area (TPSA) is 106 Å². The van der Waals surface area contributed by atoms with E-state index in [4.69, 9.17) is 9.47 Å². The van der Waals surface area contributed by atoms with Crippen molar-refractivity contribution in [2.75, 3.05) is 21.3 Å². The second kappa shape index (κ2) is 9.95. The van der Waals surface area contributed by atoms with Gasteiger partial charge in [-0.3, -0.25) is 0 Å². The number of nitrogens with one attached hydrogen (secondary N) is 3. The second-order valence-corrected chi connectivity index (χ2v) is 7.92. The molecule has 152 valence electrons. The van der Waals surface area contributed by atoms with E-state index < -0.39 is 10.0 Å². The van der Waals surface area contributed by atoms with E-state index in [1.54, 1.807) is 56.7 Å². The van der Waals surface area contributed by atoms with Crippen molar-refractivity contribution in [2.45, 2.75) is 18.8 Å². The zero-order chi connectivity index (χ0) is 20.6. The molecule has 9 heteroatoms. The maximum atomic E-state index is 12.1. The second-order valence-electron chi connectivity index (χ2n) is 5.99. The van der Waals surface area contributed by atoms with Crippen molar-refractivity contribution >= 4 is 16.1 Å². The van der Waals surface area contributed by atoms with Crippen molar-refractivity contribution in [3.8, 4) is 11.5 Å². The maximum Gasteiger partial charge on any atom is 0.315 e. The molecular weight excluding hydrogens is 382 g/mol. The SMILES string of the molecule is CNS(=O)(=O)Cc1ccc(CNC(=O)NCc2cc(OC)ccc2OC)cc1. The summed E-state index contributed by atoms with van der Waals surface area (Å²) in [7, 11) is 1.22. The normalized spacial score (nSPS) is 11.0. The van der Waals surface area contributed by atoms with E-state index in [1.165, 1.54) is 7.05 Å². The Hall–Kier alpha value is -2.78. The lowest BCUT2D eigenvalue weighted by atomic mass is 10.1. The Morgan fingerprint density at radius 1 is 0.929 bits per heavy atom. The quantitative estimate of drug-likeness (QED) is 0.587. The van der Waals surface area contributed by atoms with Gasteiger partial charge in [-0.2, -0.15) is 0 Å². The van der Waals surface area contributed by atoms with E-state index in [2.05, 4.69) is 15.4 Å². The van der Waals surface area contributed by atoms with Crippen LogP contribution in [-0.4, -0.2) is 35.7 Å². The molecular formula is C19H25N3O5S. The number of urea groups is 1. The lowest BCUT2D eigenvalue weighted by molar-refractivity contribution is 0.240. The van der Waals surface area contributed by atoms with Crippen molar-refractivity contribution < 1.29 is 22.7 Å². The van der Waals surface area contributed by atoms with Crippen LogP contribution in [0, 0.1) is 0 Å². The van der Waals surface area contributed by atoms with E-state index in [1.807, 2.05) is 0 Å². The third-order valence-electron chi connectivity index (χ3n) is 4.07. The van der Waals surface area contributed by atoms with Gasteiger partial charge >= 0.3 is 6.03 Å². The molecule has 0 radical (unpaired) electrons. The number of carbonyl (C=O) groups is 1. The summed E-state index contributed by atoms with van der Waals surface area (Å²) >= 11 is 0. The highest BCUT2D eigenvalue weighted by atomic mass is 32.2. The molecule has 0 bridgehead atoms. The molecule has 0 aliphatic rings. The van der Waals surface area contributed by atoms with E-state index in [0.29, 0.717) is 23.6 Å². The fourth-order valence-corrected chi connectivity index (χ4v) is 3.26. The van der Waals surface area contributed by atoms with Crippen LogP contribution < -0.4 is 24.8 Å². The molecule has 0 unspecified atom stereocenters. The molecule has 3 N–H and O–H groups in total. The summed E-state index contributed by atoms with van der Waals surface area (Å²) < 4.78 is 35.9. The van der Waals surface area contributed by atoms with E-state index in [0.717, 1.165) is 11.1 Å². The van der Waals surface area contributed by atoms with Gasteiger partial charge in [0.2, 0.25) is 10.0 Å². The first kappa shape index (κ1) is 21.5. The Morgan fingerprint density at radius 3 is 2.18 bits per heavy atom. The summed E-state index contributed by atoms with van der Waals surface area (Å²) in [5, 5.41) is 5.53. The molecule has 2 amide bonds. The highest BCUT2D eigenvalue weighted by Crippen LogP contribution is 2.23. The molecule has 0 aromatic heterocycles. The number of ether oxygens (including phenoxy) is 2. The van der Waals surface area contributed by atoms with Gasteiger partial charge in [0.15, 0.2) is 0 Å². The summed E-state index contributed by atoms with van der Waals surface area (Å²) in [5.74, 6) is 1.26. The van der Waals surface area contributed by atoms with Gasteiger partial charge in [0.1, 0.15) is 11.5 Å². The number of methoxy groups -OCH3 is 2. The summed E-state index contributed by atoms with van der Waals surface area (Å²) in [5.41, 5.74) is 2.33. The lowest BCUT2D eigenvalue weighted by Gasteiger charge is -2.12. The summed E-state index contributed by atoms with van der Waals surface area (Å²) in [6.07, 6.45) is 0. The van der Waals surface area contributed by atoms with Crippen LogP contribution in [0.1, 0.15) is 16.7 Å². The molecule has 0 saturated heterocycles.